The van der Waals surface area contributed by atoms with Gasteiger partial charge in [-0.15, -0.1) is 0 Å². The molecule has 14 heavy (non-hydrogen) atoms. The lowest BCUT2D eigenvalue weighted by Crippen LogP contribution is -2.30. The summed E-state index contributed by atoms with van der Waals surface area (Å²) in [6, 6.07) is 0.778. The van der Waals surface area contributed by atoms with Crippen LogP contribution in [0.15, 0.2) is 0 Å². The standard InChI is InChI=1S/C12H25NO/c1-3-6-11(2)14-10-9-13-12-7-4-5-8-12/h11-13H,3-10H2,1-2H3. The van der Waals surface area contributed by atoms with Crippen molar-refractivity contribution in [2.24, 2.45) is 0 Å². The molecule has 1 aliphatic carbocycles. The molecule has 1 saturated carbocycles. The number of rotatable bonds is 7. The molecule has 0 radical (unpaired) electrons. The van der Waals surface area contributed by atoms with E-state index in [1.54, 1.807) is 0 Å². The quantitative estimate of drug-likeness (QED) is 0.637. The number of hydrogen-bond acceptors (Lipinski definition) is 2. The van der Waals surface area contributed by atoms with E-state index < -0.39 is 0 Å². The number of hydrogen-bond donors (Lipinski definition) is 1. The smallest absolute Gasteiger partial charge is 0.0594 e. The van der Waals surface area contributed by atoms with Gasteiger partial charge in [0.2, 0.25) is 0 Å². The maximum atomic E-state index is 5.68. The summed E-state index contributed by atoms with van der Waals surface area (Å²) in [7, 11) is 0. The molecule has 0 aliphatic heterocycles. The van der Waals surface area contributed by atoms with Crippen LogP contribution in [0.2, 0.25) is 0 Å². The molecule has 0 saturated heterocycles. The highest BCUT2D eigenvalue weighted by atomic mass is 16.5. The van der Waals surface area contributed by atoms with Gasteiger partial charge in [0.05, 0.1) is 12.7 Å². The van der Waals surface area contributed by atoms with Crippen molar-refractivity contribution in [1.29, 1.82) is 0 Å². The summed E-state index contributed by atoms with van der Waals surface area (Å²) < 4.78 is 5.68. The lowest BCUT2D eigenvalue weighted by Gasteiger charge is -2.14. The van der Waals surface area contributed by atoms with E-state index in [4.69, 9.17) is 4.74 Å². The van der Waals surface area contributed by atoms with Crippen molar-refractivity contribution in [1.82, 2.24) is 5.32 Å². The maximum absolute atomic E-state index is 5.68. The van der Waals surface area contributed by atoms with Gasteiger partial charge in [-0.2, -0.15) is 0 Å². The van der Waals surface area contributed by atoms with Gasteiger partial charge >= 0.3 is 0 Å². The van der Waals surface area contributed by atoms with Crippen LogP contribution in [0.3, 0.4) is 0 Å². The fourth-order valence-electron chi connectivity index (χ4n) is 2.14. The van der Waals surface area contributed by atoms with Crippen LogP contribution < -0.4 is 5.32 Å². The van der Waals surface area contributed by atoms with Gasteiger partial charge in [0, 0.05) is 12.6 Å². The van der Waals surface area contributed by atoms with Gasteiger partial charge in [-0.25, -0.2) is 0 Å². The molecular weight excluding hydrogens is 174 g/mol. The predicted molar refractivity (Wildman–Crippen MR) is 60.6 cm³/mol. The normalized spacial score (nSPS) is 20.1. The van der Waals surface area contributed by atoms with Crippen LogP contribution in [0, 0.1) is 0 Å². The maximum Gasteiger partial charge on any atom is 0.0594 e. The zero-order valence-electron chi connectivity index (χ0n) is 9.72. The molecule has 1 unspecified atom stereocenters. The van der Waals surface area contributed by atoms with Crippen LogP contribution in [0.25, 0.3) is 0 Å². The zero-order valence-corrected chi connectivity index (χ0v) is 9.72. The summed E-state index contributed by atoms with van der Waals surface area (Å²) >= 11 is 0. The summed E-state index contributed by atoms with van der Waals surface area (Å²) in [5.74, 6) is 0. The van der Waals surface area contributed by atoms with E-state index >= 15 is 0 Å². The third-order valence-electron chi connectivity index (χ3n) is 2.99. The van der Waals surface area contributed by atoms with Crippen molar-refractivity contribution >= 4 is 0 Å². The first-order valence-electron chi connectivity index (χ1n) is 6.18. The van der Waals surface area contributed by atoms with E-state index in [1.165, 1.54) is 38.5 Å². The molecule has 2 nitrogen and oxygen atoms in total. The summed E-state index contributed by atoms with van der Waals surface area (Å²) in [4.78, 5) is 0. The molecule has 0 aromatic heterocycles. The van der Waals surface area contributed by atoms with E-state index in [-0.39, 0.29) is 0 Å². The van der Waals surface area contributed by atoms with Gasteiger partial charge in [-0.3, -0.25) is 0 Å². The van der Waals surface area contributed by atoms with Crippen molar-refractivity contribution in [2.45, 2.75) is 64.5 Å². The second kappa shape index (κ2) is 7.24. The van der Waals surface area contributed by atoms with E-state index in [2.05, 4.69) is 19.2 Å². The Bertz CT molecular complexity index is 132. The van der Waals surface area contributed by atoms with E-state index in [1.807, 2.05) is 0 Å². The van der Waals surface area contributed by atoms with Gasteiger partial charge < -0.3 is 10.1 Å². The van der Waals surface area contributed by atoms with Crippen LogP contribution in [0.4, 0.5) is 0 Å². The third-order valence-corrected chi connectivity index (χ3v) is 2.99. The van der Waals surface area contributed by atoms with Crippen molar-refractivity contribution in [3.05, 3.63) is 0 Å². The Morgan fingerprint density at radius 1 is 1.36 bits per heavy atom. The molecule has 84 valence electrons. The SMILES string of the molecule is CCCC(C)OCCNC1CCCC1. The second-order valence-corrected chi connectivity index (χ2v) is 4.41. The Kier molecular flexibility index (Phi) is 6.20. The van der Waals surface area contributed by atoms with Gasteiger partial charge in [0.15, 0.2) is 0 Å². The molecule has 0 aromatic rings. The third kappa shape index (κ3) is 4.97. The minimum absolute atomic E-state index is 0.436. The van der Waals surface area contributed by atoms with Crippen molar-refractivity contribution in [3.8, 4) is 0 Å². The molecule has 0 bridgehead atoms. The average molecular weight is 199 g/mol. The molecule has 0 heterocycles. The second-order valence-electron chi connectivity index (χ2n) is 4.41. The minimum Gasteiger partial charge on any atom is -0.377 e. The Morgan fingerprint density at radius 3 is 2.71 bits per heavy atom. The topological polar surface area (TPSA) is 21.3 Å². The molecule has 0 aromatic carbocycles. The summed E-state index contributed by atoms with van der Waals surface area (Å²) in [5.41, 5.74) is 0. The Morgan fingerprint density at radius 2 is 2.07 bits per heavy atom. The predicted octanol–water partition coefficient (Wildman–Crippen LogP) is 2.72. The first-order valence-corrected chi connectivity index (χ1v) is 6.18. The summed E-state index contributed by atoms with van der Waals surface area (Å²) in [5, 5.41) is 3.55. The van der Waals surface area contributed by atoms with Crippen LogP contribution in [-0.4, -0.2) is 25.3 Å². The monoisotopic (exact) mass is 199 g/mol. The number of nitrogens with one attached hydrogen (secondary N) is 1. The molecule has 1 rings (SSSR count). The highest BCUT2D eigenvalue weighted by molar-refractivity contribution is 4.73. The first-order chi connectivity index (χ1) is 6.83. The van der Waals surface area contributed by atoms with Crippen LogP contribution >= 0.6 is 0 Å². The molecule has 0 spiro atoms. The Labute approximate surface area is 88.4 Å². The molecule has 2 heteroatoms. The van der Waals surface area contributed by atoms with E-state index in [0.29, 0.717) is 6.10 Å². The van der Waals surface area contributed by atoms with Crippen molar-refractivity contribution < 1.29 is 4.74 Å². The summed E-state index contributed by atoms with van der Waals surface area (Å²) in [6.07, 6.45) is 8.39. The number of ether oxygens (including phenoxy) is 1. The zero-order chi connectivity index (χ0) is 10.2. The van der Waals surface area contributed by atoms with Gasteiger partial charge in [0.25, 0.3) is 0 Å². The van der Waals surface area contributed by atoms with Crippen LogP contribution in [-0.2, 0) is 4.74 Å². The summed E-state index contributed by atoms with van der Waals surface area (Å²) in [6.45, 7) is 6.27. The van der Waals surface area contributed by atoms with Gasteiger partial charge in [-0.1, -0.05) is 26.2 Å². The largest absolute Gasteiger partial charge is 0.377 e. The lowest BCUT2D eigenvalue weighted by atomic mass is 10.2. The molecular formula is C12H25NO. The van der Waals surface area contributed by atoms with Crippen LogP contribution in [0.5, 0.6) is 0 Å². The molecule has 0 amide bonds. The van der Waals surface area contributed by atoms with Crippen molar-refractivity contribution in [2.75, 3.05) is 13.2 Å². The Hall–Kier alpha value is -0.0800. The van der Waals surface area contributed by atoms with E-state index in [9.17, 15) is 0 Å². The highest BCUT2D eigenvalue weighted by Crippen LogP contribution is 2.17. The van der Waals surface area contributed by atoms with Crippen LogP contribution in [0.1, 0.15) is 52.4 Å². The molecule has 1 fully saturated rings. The molecule has 1 aliphatic rings. The van der Waals surface area contributed by atoms with E-state index in [0.717, 1.165) is 19.2 Å². The molecule has 1 atom stereocenters. The first kappa shape index (κ1) is 12.0. The van der Waals surface area contributed by atoms with Gasteiger partial charge in [0.1, 0.15) is 0 Å². The van der Waals surface area contributed by atoms with Gasteiger partial charge in [-0.05, 0) is 26.2 Å². The molecule has 1 N–H and O–H groups in total. The fraction of sp³-hybridized carbons (Fsp3) is 1.00. The minimum atomic E-state index is 0.436. The average Bonchev–Trinajstić information content (AvgIpc) is 2.65. The lowest BCUT2D eigenvalue weighted by molar-refractivity contribution is 0.0606. The van der Waals surface area contributed by atoms with Crippen molar-refractivity contribution in [3.63, 3.8) is 0 Å². The highest BCUT2D eigenvalue weighted by Gasteiger charge is 2.13. The Balaban J connectivity index is 1.88. The fourth-order valence-corrected chi connectivity index (χ4v) is 2.14.